The fraction of sp³-hybridized carbons (Fsp3) is 0.346. The highest BCUT2D eigenvalue weighted by Gasteiger charge is 2.57. The van der Waals surface area contributed by atoms with Crippen LogP contribution in [0.15, 0.2) is 72.8 Å². The third kappa shape index (κ3) is 3.44. The van der Waals surface area contributed by atoms with Crippen LogP contribution in [0.2, 0.25) is 0 Å². The number of pyridine rings is 1. The molecule has 0 amide bonds. The summed E-state index contributed by atoms with van der Waals surface area (Å²) in [5, 5.41) is 0. The number of ether oxygens (including phenoxy) is 1. The van der Waals surface area contributed by atoms with Gasteiger partial charge in [0.2, 0.25) is 5.88 Å². The van der Waals surface area contributed by atoms with E-state index in [1.165, 1.54) is 24.0 Å². The summed E-state index contributed by atoms with van der Waals surface area (Å²) in [6.45, 7) is 4.78. The molecule has 0 aliphatic heterocycles. The van der Waals surface area contributed by atoms with Gasteiger partial charge in [-0.15, -0.1) is 0 Å². The van der Waals surface area contributed by atoms with E-state index in [9.17, 15) is 0 Å². The van der Waals surface area contributed by atoms with E-state index < -0.39 is 0 Å². The van der Waals surface area contributed by atoms with E-state index in [0.29, 0.717) is 23.1 Å². The molecule has 2 aliphatic carbocycles. The second kappa shape index (κ2) is 6.77. The zero-order valence-corrected chi connectivity index (χ0v) is 16.6. The molecule has 2 saturated carbocycles. The van der Waals surface area contributed by atoms with Crippen LogP contribution < -0.4 is 4.74 Å². The van der Waals surface area contributed by atoms with Gasteiger partial charge in [0, 0.05) is 11.8 Å². The van der Waals surface area contributed by atoms with Gasteiger partial charge in [-0.25, -0.2) is 4.98 Å². The Hall–Kier alpha value is -2.61. The van der Waals surface area contributed by atoms with Gasteiger partial charge in [-0.3, -0.25) is 0 Å². The highest BCUT2D eigenvalue weighted by molar-refractivity contribution is 5.37. The molecule has 1 aromatic heterocycles. The molecule has 3 aromatic rings. The molecule has 5 rings (SSSR count). The molecule has 0 saturated heterocycles. The molecule has 1 heterocycles. The summed E-state index contributed by atoms with van der Waals surface area (Å²) in [6.07, 6.45) is 3.72. The quantitative estimate of drug-likeness (QED) is 0.480. The van der Waals surface area contributed by atoms with Gasteiger partial charge in [0.05, 0.1) is 0 Å². The first-order chi connectivity index (χ1) is 13.6. The minimum absolute atomic E-state index is 0.319. The number of aromatic nitrogens is 1. The van der Waals surface area contributed by atoms with Crippen LogP contribution in [-0.2, 0) is 6.42 Å². The van der Waals surface area contributed by atoms with E-state index in [0.717, 1.165) is 23.8 Å². The van der Waals surface area contributed by atoms with Gasteiger partial charge in [-0.2, -0.15) is 0 Å². The Bertz CT molecular complexity index is 957. The highest BCUT2D eigenvalue weighted by atomic mass is 16.5. The predicted molar refractivity (Wildman–Crippen MR) is 113 cm³/mol. The van der Waals surface area contributed by atoms with E-state index in [1.807, 2.05) is 36.4 Å². The molecule has 2 heteroatoms. The maximum atomic E-state index is 5.91. The molecule has 0 N–H and O–H groups in total. The number of rotatable bonds is 6. The van der Waals surface area contributed by atoms with Crippen molar-refractivity contribution in [3.8, 4) is 11.6 Å². The van der Waals surface area contributed by atoms with Crippen molar-refractivity contribution >= 4 is 0 Å². The molecule has 0 radical (unpaired) electrons. The lowest BCUT2D eigenvalue weighted by Crippen LogP contribution is -1.98. The van der Waals surface area contributed by atoms with Crippen LogP contribution in [0.3, 0.4) is 0 Å². The fourth-order valence-electron chi connectivity index (χ4n) is 4.64. The van der Waals surface area contributed by atoms with E-state index >= 15 is 0 Å². The van der Waals surface area contributed by atoms with Crippen LogP contribution in [-0.4, -0.2) is 4.98 Å². The van der Waals surface area contributed by atoms with Crippen LogP contribution in [0.4, 0.5) is 0 Å². The van der Waals surface area contributed by atoms with Gasteiger partial charge in [-0.1, -0.05) is 62.4 Å². The number of benzene rings is 2. The summed E-state index contributed by atoms with van der Waals surface area (Å²) in [7, 11) is 0. The lowest BCUT2D eigenvalue weighted by molar-refractivity contribution is 0.458. The zero-order valence-electron chi connectivity index (χ0n) is 16.6. The first-order valence-electron chi connectivity index (χ1n) is 10.4. The molecule has 2 atom stereocenters. The van der Waals surface area contributed by atoms with Crippen LogP contribution in [0, 0.1) is 11.3 Å². The minimum Gasteiger partial charge on any atom is -0.439 e. The summed E-state index contributed by atoms with van der Waals surface area (Å²) in [5.74, 6) is 3.56. The molecule has 2 unspecified atom stereocenters. The molecule has 2 aliphatic rings. The molecule has 2 nitrogen and oxygen atoms in total. The van der Waals surface area contributed by atoms with E-state index in [2.05, 4.69) is 50.2 Å². The maximum absolute atomic E-state index is 5.91. The normalized spacial score (nSPS) is 22.6. The van der Waals surface area contributed by atoms with Crippen molar-refractivity contribution in [3.63, 3.8) is 0 Å². The Morgan fingerprint density at radius 3 is 2.29 bits per heavy atom. The largest absolute Gasteiger partial charge is 0.439 e. The molecule has 2 aromatic carbocycles. The molecular weight excluding hydrogens is 342 g/mol. The first-order valence-corrected chi connectivity index (χ1v) is 10.4. The van der Waals surface area contributed by atoms with Gasteiger partial charge < -0.3 is 4.74 Å². The Morgan fingerprint density at radius 1 is 0.857 bits per heavy atom. The number of hydrogen-bond donors (Lipinski definition) is 0. The van der Waals surface area contributed by atoms with Crippen molar-refractivity contribution in [2.24, 2.45) is 11.3 Å². The first kappa shape index (κ1) is 17.5. The fourth-order valence-corrected chi connectivity index (χ4v) is 4.64. The van der Waals surface area contributed by atoms with Crippen molar-refractivity contribution in [2.75, 3.05) is 0 Å². The SMILES string of the molecule is CC1(C)C(Cc2cccc(Oc3ccccc3)n2)C1c1ccc(C2CC2)cc1. The Morgan fingerprint density at radius 2 is 1.57 bits per heavy atom. The third-order valence-electron chi connectivity index (χ3n) is 6.57. The zero-order chi connectivity index (χ0) is 19.1. The monoisotopic (exact) mass is 369 g/mol. The average Bonchev–Trinajstić information content (AvgIpc) is 3.61. The topological polar surface area (TPSA) is 22.1 Å². The van der Waals surface area contributed by atoms with Crippen molar-refractivity contribution in [1.82, 2.24) is 4.98 Å². The minimum atomic E-state index is 0.319. The van der Waals surface area contributed by atoms with Crippen LogP contribution in [0.1, 0.15) is 55.3 Å². The third-order valence-corrected chi connectivity index (χ3v) is 6.57. The van der Waals surface area contributed by atoms with Gasteiger partial charge in [0.25, 0.3) is 0 Å². The molecule has 0 bridgehead atoms. The Kier molecular flexibility index (Phi) is 4.23. The Balaban J connectivity index is 1.29. The average molecular weight is 370 g/mol. The highest BCUT2D eigenvalue weighted by Crippen LogP contribution is 2.65. The summed E-state index contributed by atoms with van der Waals surface area (Å²) in [4.78, 5) is 4.77. The number of para-hydroxylation sites is 1. The lowest BCUT2D eigenvalue weighted by atomic mass is 10.0. The van der Waals surface area contributed by atoms with E-state index in [4.69, 9.17) is 9.72 Å². The molecule has 0 spiro atoms. The number of nitrogens with zero attached hydrogens (tertiary/aromatic N) is 1. The second-order valence-corrected chi connectivity index (χ2v) is 8.93. The molecular formula is C26H27NO. The number of hydrogen-bond acceptors (Lipinski definition) is 2. The van der Waals surface area contributed by atoms with Gasteiger partial charge >= 0.3 is 0 Å². The summed E-state index contributed by atoms with van der Waals surface area (Å²) >= 11 is 0. The van der Waals surface area contributed by atoms with Crippen molar-refractivity contribution < 1.29 is 4.74 Å². The van der Waals surface area contributed by atoms with Crippen LogP contribution in [0.5, 0.6) is 11.6 Å². The van der Waals surface area contributed by atoms with Crippen LogP contribution >= 0.6 is 0 Å². The second-order valence-electron chi connectivity index (χ2n) is 8.93. The van der Waals surface area contributed by atoms with Crippen LogP contribution in [0.25, 0.3) is 0 Å². The Labute approximate surface area is 167 Å². The molecule has 28 heavy (non-hydrogen) atoms. The summed E-state index contributed by atoms with van der Waals surface area (Å²) < 4.78 is 5.91. The van der Waals surface area contributed by atoms with Crippen molar-refractivity contribution in [3.05, 3.63) is 89.6 Å². The van der Waals surface area contributed by atoms with Gasteiger partial charge in [0.1, 0.15) is 5.75 Å². The van der Waals surface area contributed by atoms with Crippen molar-refractivity contribution in [1.29, 1.82) is 0 Å². The van der Waals surface area contributed by atoms with Crippen molar-refractivity contribution in [2.45, 2.75) is 44.9 Å². The summed E-state index contributed by atoms with van der Waals surface area (Å²) in [6, 6.07) is 25.4. The summed E-state index contributed by atoms with van der Waals surface area (Å²) in [5.41, 5.74) is 4.44. The van der Waals surface area contributed by atoms with E-state index in [-0.39, 0.29) is 0 Å². The molecule has 2 fully saturated rings. The standard InChI is InChI=1S/C26H27NO/c1-26(2)23(25(26)20-15-13-19(14-16-20)18-11-12-18)17-21-7-6-10-24(27-21)28-22-8-4-3-5-9-22/h3-10,13-16,18,23,25H,11-12,17H2,1-2H3. The smallest absolute Gasteiger partial charge is 0.219 e. The van der Waals surface area contributed by atoms with E-state index in [1.54, 1.807) is 0 Å². The predicted octanol–water partition coefficient (Wildman–Crippen LogP) is 6.73. The van der Waals surface area contributed by atoms with Gasteiger partial charge in [0.15, 0.2) is 0 Å². The lowest BCUT2D eigenvalue weighted by Gasteiger charge is -2.07. The van der Waals surface area contributed by atoms with Gasteiger partial charge in [-0.05, 0) is 71.8 Å². The molecule has 142 valence electrons. The maximum Gasteiger partial charge on any atom is 0.219 e.